The molecule has 0 aliphatic heterocycles. The highest BCUT2D eigenvalue weighted by Crippen LogP contribution is 2.26. The molecule has 0 saturated heterocycles. The van der Waals surface area contributed by atoms with Crippen LogP contribution in [0, 0.1) is 0 Å². The van der Waals surface area contributed by atoms with Crippen molar-refractivity contribution in [3.8, 4) is 34.1 Å². The van der Waals surface area contributed by atoms with Crippen LogP contribution in [0.25, 0.3) is 11.1 Å². The number of rotatable bonds is 9. The highest BCUT2D eigenvalue weighted by atomic mass is 32.2. The molecule has 2 unspecified atom stereocenters. The maximum absolute atomic E-state index is 12.5. The molecule has 0 aromatic heterocycles. The molecule has 174 valence electrons. The molecule has 34 heavy (non-hydrogen) atoms. The molecular weight excluding hydrogens is 472 g/mol. The van der Waals surface area contributed by atoms with Crippen molar-refractivity contribution in [2.45, 2.75) is 9.79 Å². The van der Waals surface area contributed by atoms with E-state index in [0.29, 0.717) is 32.8 Å². The summed E-state index contributed by atoms with van der Waals surface area (Å²) in [7, 11) is 3.16. The van der Waals surface area contributed by atoms with Crippen LogP contribution in [0.3, 0.4) is 0 Å². The third-order valence-corrected chi connectivity index (χ3v) is 6.89. The third-order valence-electron chi connectivity index (χ3n) is 4.89. The second-order valence-electron chi connectivity index (χ2n) is 7.04. The minimum absolute atomic E-state index is 0.489. The van der Waals surface area contributed by atoms with E-state index in [1.165, 1.54) is 0 Å². The van der Waals surface area contributed by atoms with Crippen LogP contribution in [0.2, 0.25) is 0 Å². The first kappa shape index (κ1) is 23.5. The average Bonchev–Trinajstić information content (AvgIpc) is 2.89. The van der Waals surface area contributed by atoms with Gasteiger partial charge in [0.25, 0.3) is 0 Å². The fraction of sp³-hybridized carbons (Fsp3) is 0.0769. The Bertz CT molecular complexity index is 1270. The second kappa shape index (κ2) is 11.0. The zero-order valence-electron chi connectivity index (χ0n) is 18.5. The number of benzene rings is 4. The Morgan fingerprint density at radius 1 is 0.441 bits per heavy atom. The van der Waals surface area contributed by atoms with Gasteiger partial charge in [-0.25, -0.2) is 8.42 Å². The van der Waals surface area contributed by atoms with Crippen molar-refractivity contribution in [1.82, 2.24) is 0 Å². The predicted molar refractivity (Wildman–Crippen MR) is 132 cm³/mol. The van der Waals surface area contributed by atoms with E-state index < -0.39 is 22.2 Å². The summed E-state index contributed by atoms with van der Waals surface area (Å²) in [5, 5.41) is 0. The Morgan fingerprint density at radius 2 is 0.735 bits per heavy atom. The maximum Gasteiger partial charge on any atom is 0.240 e. The maximum atomic E-state index is 12.5. The van der Waals surface area contributed by atoms with Crippen LogP contribution in [0.15, 0.2) is 107 Å². The van der Waals surface area contributed by atoms with Crippen LogP contribution in [0.1, 0.15) is 0 Å². The number of ether oxygens (including phenoxy) is 2. The van der Waals surface area contributed by atoms with Gasteiger partial charge in [0.1, 0.15) is 23.0 Å². The van der Waals surface area contributed by atoms with Crippen molar-refractivity contribution in [1.29, 1.82) is 0 Å². The smallest absolute Gasteiger partial charge is 0.240 e. The van der Waals surface area contributed by atoms with Crippen LogP contribution in [0.5, 0.6) is 23.0 Å². The molecule has 0 saturated carbocycles. The molecular formula is C26H22O6S2. The molecule has 8 heteroatoms. The van der Waals surface area contributed by atoms with Gasteiger partial charge < -0.3 is 17.8 Å². The van der Waals surface area contributed by atoms with Gasteiger partial charge in [-0.2, -0.15) is 0 Å². The van der Waals surface area contributed by atoms with E-state index in [9.17, 15) is 8.42 Å². The van der Waals surface area contributed by atoms with Crippen LogP contribution in [-0.2, 0) is 22.2 Å². The second-order valence-corrected chi connectivity index (χ2v) is 9.25. The van der Waals surface area contributed by atoms with Crippen molar-refractivity contribution in [3.05, 3.63) is 97.1 Å². The van der Waals surface area contributed by atoms with E-state index in [1.54, 1.807) is 87.0 Å². The summed E-state index contributed by atoms with van der Waals surface area (Å²) in [5.74, 6) is 2.37. The zero-order valence-corrected chi connectivity index (χ0v) is 20.1. The average molecular weight is 495 g/mol. The molecule has 2 atom stereocenters. The fourth-order valence-corrected chi connectivity index (χ4v) is 4.53. The van der Waals surface area contributed by atoms with Crippen molar-refractivity contribution in [3.63, 3.8) is 0 Å². The van der Waals surface area contributed by atoms with Crippen molar-refractivity contribution in [2.75, 3.05) is 14.2 Å². The van der Waals surface area contributed by atoms with Crippen molar-refractivity contribution < 1.29 is 26.3 Å². The molecule has 0 spiro atoms. The van der Waals surface area contributed by atoms with Gasteiger partial charge in [0.2, 0.25) is 22.2 Å². The lowest BCUT2D eigenvalue weighted by molar-refractivity contribution is 0.414. The molecule has 0 heterocycles. The van der Waals surface area contributed by atoms with Gasteiger partial charge in [-0.15, -0.1) is 0 Å². The van der Waals surface area contributed by atoms with Crippen LogP contribution in [-0.4, -0.2) is 22.6 Å². The van der Waals surface area contributed by atoms with Gasteiger partial charge in [0, 0.05) is 0 Å². The van der Waals surface area contributed by atoms with Crippen molar-refractivity contribution >= 4 is 22.2 Å². The molecule has 0 aliphatic carbocycles. The molecule has 4 aromatic rings. The Hall–Kier alpha value is -3.62. The molecule has 4 aromatic carbocycles. The zero-order chi connectivity index (χ0) is 23.9. The Labute approximate surface area is 203 Å². The SMILES string of the molecule is COc1ccc(OS(=O)c2ccc(-c3ccc(OS(=O)c4ccc(OC)cc4)cc3)cc2)cc1. The van der Waals surface area contributed by atoms with Gasteiger partial charge in [-0.1, -0.05) is 24.3 Å². The summed E-state index contributed by atoms with van der Waals surface area (Å²) in [6.07, 6.45) is 0. The van der Waals surface area contributed by atoms with E-state index in [0.717, 1.165) is 11.1 Å². The normalized spacial score (nSPS) is 12.4. The largest absolute Gasteiger partial charge is 0.497 e. The molecule has 6 nitrogen and oxygen atoms in total. The lowest BCUT2D eigenvalue weighted by Gasteiger charge is -2.08. The van der Waals surface area contributed by atoms with Gasteiger partial charge in [-0.3, -0.25) is 0 Å². The third kappa shape index (κ3) is 5.84. The van der Waals surface area contributed by atoms with Gasteiger partial charge in [-0.05, 0) is 83.9 Å². The fourth-order valence-electron chi connectivity index (χ4n) is 3.05. The monoisotopic (exact) mass is 494 g/mol. The van der Waals surface area contributed by atoms with E-state index in [2.05, 4.69) is 0 Å². The minimum atomic E-state index is -1.64. The summed E-state index contributed by atoms with van der Waals surface area (Å²) < 4.78 is 46.2. The molecule has 0 fully saturated rings. The number of hydrogen-bond acceptors (Lipinski definition) is 6. The number of hydrogen-bond donors (Lipinski definition) is 0. The first-order valence-electron chi connectivity index (χ1n) is 10.2. The molecule has 4 rings (SSSR count). The van der Waals surface area contributed by atoms with E-state index in [4.69, 9.17) is 17.8 Å². The molecule has 0 N–H and O–H groups in total. The van der Waals surface area contributed by atoms with Crippen LogP contribution >= 0.6 is 0 Å². The van der Waals surface area contributed by atoms with Crippen LogP contribution in [0.4, 0.5) is 0 Å². The lowest BCUT2D eigenvalue weighted by atomic mass is 10.1. The van der Waals surface area contributed by atoms with Crippen LogP contribution < -0.4 is 17.8 Å². The first-order chi connectivity index (χ1) is 16.6. The van der Waals surface area contributed by atoms with Gasteiger partial charge in [0.15, 0.2) is 0 Å². The lowest BCUT2D eigenvalue weighted by Crippen LogP contribution is -2.01. The predicted octanol–water partition coefficient (Wildman–Crippen LogP) is 5.57. The highest BCUT2D eigenvalue weighted by molar-refractivity contribution is 7.80. The standard InChI is InChI=1S/C26H22O6S2/c1-29-21-9-11-24(12-10-21)32-33(27)25-15-5-20(6-16-25)19-3-7-23(8-4-19)31-34(28)26-17-13-22(30-2)14-18-26/h3-18H,1-2H3. The first-order valence-corrected chi connectivity index (χ1v) is 12.4. The minimum Gasteiger partial charge on any atom is -0.497 e. The quantitative estimate of drug-likeness (QED) is 0.303. The summed E-state index contributed by atoms with van der Waals surface area (Å²) in [4.78, 5) is 1.10. The van der Waals surface area contributed by atoms with Crippen molar-refractivity contribution in [2.24, 2.45) is 0 Å². The van der Waals surface area contributed by atoms with Gasteiger partial charge >= 0.3 is 0 Å². The Kier molecular flexibility index (Phi) is 7.61. The Morgan fingerprint density at radius 3 is 1.15 bits per heavy atom. The highest BCUT2D eigenvalue weighted by Gasteiger charge is 2.10. The summed E-state index contributed by atoms with van der Waals surface area (Å²) in [6, 6.07) is 28.3. The molecule has 0 radical (unpaired) electrons. The molecule has 0 amide bonds. The molecule has 0 aliphatic rings. The number of methoxy groups -OCH3 is 2. The molecule has 0 bridgehead atoms. The summed E-state index contributed by atoms with van der Waals surface area (Å²) in [5.41, 5.74) is 1.88. The van der Waals surface area contributed by atoms with E-state index in [-0.39, 0.29) is 0 Å². The van der Waals surface area contributed by atoms with E-state index >= 15 is 0 Å². The van der Waals surface area contributed by atoms with E-state index in [1.807, 2.05) is 24.3 Å². The summed E-state index contributed by atoms with van der Waals surface area (Å²) in [6.45, 7) is 0. The summed E-state index contributed by atoms with van der Waals surface area (Å²) >= 11 is -3.27. The van der Waals surface area contributed by atoms with Gasteiger partial charge in [0.05, 0.1) is 24.0 Å². The topological polar surface area (TPSA) is 71.1 Å². The Balaban J connectivity index is 1.38.